The number of amides is 1. The van der Waals surface area contributed by atoms with Crippen LogP contribution in [-0.4, -0.2) is 17.4 Å². The molecular weight excluding hydrogens is 288 g/mol. The molecule has 4 nitrogen and oxygen atoms in total. The number of carbonyl (C=O) groups excluding carboxylic acids is 1. The van der Waals surface area contributed by atoms with Crippen LogP contribution in [-0.2, 0) is 6.42 Å². The zero-order valence-corrected chi connectivity index (χ0v) is 12.9. The lowest BCUT2D eigenvalue weighted by molar-refractivity contribution is 0.0952. The van der Waals surface area contributed by atoms with Gasteiger partial charge < -0.3 is 10.3 Å². The minimum atomic E-state index is -0.349. The van der Waals surface area contributed by atoms with Crippen molar-refractivity contribution in [2.45, 2.75) is 13.3 Å². The van der Waals surface area contributed by atoms with Crippen LogP contribution in [0.15, 0.2) is 59.4 Å². The molecule has 0 aliphatic rings. The number of hydrogen-bond acceptors (Lipinski definition) is 2. The number of benzene rings is 2. The Labute approximate surface area is 134 Å². The lowest BCUT2D eigenvalue weighted by atomic mass is 10.0. The maximum atomic E-state index is 12.4. The number of carbonyl (C=O) groups is 1. The average Bonchev–Trinajstić information content (AvgIpc) is 2.56. The van der Waals surface area contributed by atoms with Crippen molar-refractivity contribution in [1.82, 2.24) is 10.3 Å². The molecule has 0 unspecified atom stereocenters. The molecule has 1 aromatic heterocycles. The Balaban J connectivity index is 1.80. The van der Waals surface area contributed by atoms with Gasteiger partial charge in [-0.3, -0.25) is 9.59 Å². The Kier molecular flexibility index (Phi) is 4.24. The number of para-hydroxylation sites is 1. The normalized spacial score (nSPS) is 10.7. The summed E-state index contributed by atoms with van der Waals surface area (Å²) in [5.74, 6) is -0.328. The molecule has 0 spiro atoms. The monoisotopic (exact) mass is 306 g/mol. The van der Waals surface area contributed by atoms with Crippen molar-refractivity contribution in [2.75, 3.05) is 6.54 Å². The molecule has 2 N–H and O–H groups in total. The third kappa shape index (κ3) is 3.16. The standard InChI is InChI=1S/C19H18N2O2/c1-13-15-9-5-6-10-16(15)21-19(23)17(13)18(22)20-12-11-14-7-3-2-4-8-14/h2-10H,11-12H2,1H3,(H,20,22)(H,21,23). The summed E-state index contributed by atoms with van der Waals surface area (Å²) >= 11 is 0. The fourth-order valence-electron chi connectivity index (χ4n) is 2.74. The molecule has 0 atom stereocenters. The van der Waals surface area contributed by atoms with Gasteiger partial charge in [0, 0.05) is 17.4 Å². The minimum Gasteiger partial charge on any atom is -0.352 e. The molecule has 0 radical (unpaired) electrons. The molecule has 2 aromatic carbocycles. The van der Waals surface area contributed by atoms with Gasteiger partial charge in [0.15, 0.2) is 0 Å². The third-order valence-electron chi connectivity index (χ3n) is 3.95. The number of H-pyrrole nitrogens is 1. The maximum absolute atomic E-state index is 12.4. The molecule has 0 aliphatic carbocycles. The smallest absolute Gasteiger partial charge is 0.261 e. The van der Waals surface area contributed by atoms with E-state index in [0.717, 1.165) is 22.9 Å². The summed E-state index contributed by atoms with van der Waals surface area (Å²) in [7, 11) is 0. The Morgan fingerprint density at radius 1 is 1.04 bits per heavy atom. The third-order valence-corrected chi connectivity index (χ3v) is 3.95. The molecule has 116 valence electrons. The summed E-state index contributed by atoms with van der Waals surface area (Å²) in [4.78, 5) is 27.4. The zero-order valence-electron chi connectivity index (χ0n) is 12.9. The van der Waals surface area contributed by atoms with Crippen LogP contribution in [0, 0.1) is 6.92 Å². The van der Waals surface area contributed by atoms with Crippen LogP contribution in [0.25, 0.3) is 10.9 Å². The zero-order chi connectivity index (χ0) is 16.2. The summed E-state index contributed by atoms with van der Waals surface area (Å²) in [6, 6.07) is 17.4. The van der Waals surface area contributed by atoms with Crippen LogP contribution in [0.4, 0.5) is 0 Å². The van der Waals surface area contributed by atoms with Crippen LogP contribution in [0.1, 0.15) is 21.5 Å². The van der Waals surface area contributed by atoms with E-state index in [0.29, 0.717) is 12.1 Å². The van der Waals surface area contributed by atoms with Crippen LogP contribution >= 0.6 is 0 Å². The SMILES string of the molecule is Cc1c(C(=O)NCCc2ccccc2)c(=O)[nH]c2ccccc12. The van der Waals surface area contributed by atoms with Crippen molar-refractivity contribution in [3.8, 4) is 0 Å². The van der Waals surface area contributed by atoms with E-state index in [2.05, 4.69) is 10.3 Å². The van der Waals surface area contributed by atoms with Crippen molar-refractivity contribution in [3.05, 3.63) is 81.6 Å². The van der Waals surface area contributed by atoms with Gasteiger partial charge in [0.25, 0.3) is 11.5 Å². The minimum absolute atomic E-state index is 0.191. The first-order chi connectivity index (χ1) is 11.2. The topological polar surface area (TPSA) is 62.0 Å². The number of hydrogen-bond donors (Lipinski definition) is 2. The van der Waals surface area contributed by atoms with E-state index >= 15 is 0 Å². The molecule has 0 aliphatic heterocycles. The maximum Gasteiger partial charge on any atom is 0.261 e. The highest BCUT2D eigenvalue weighted by Gasteiger charge is 2.15. The first-order valence-corrected chi connectivity index (χ1v) is 7.60. The summed E-state index contributed by atoms with van der Waals surface area (Å²) in [6.07, 6.45) is 0.733. The number of fused-ring (bicyclic) bond motifs is 1. The van der Waals surface area contributed by atoms with E-state index < -0.39 is 0 Å². The predicted octanol–water partition coefficient (Wildman–Crippen LogP) is 2.81. The Morgan fingerprint density at radius 2 is 1.74 bits per heavy atom. The average molecular weight is 306 g/mol. The van der Waals surface area contributed by atoms with Gasteiger partial charge in [-0.25, -0.2) is 0 Å². The molecule has 0 saturated heterocycles. The van der Waals surface area contributed by atoms with Gasteiger partial charge in [-0.05, 0) is 30.5 Å². The van der Waals surface area contributed by atoms with Crippen LogP contribution in [0.3, 0.4) is 0 Å². The molecule has 1 heterocycles. The predicted molar refractivity (Wildman–Crippen MR) is 91.8 cm³/mol. The summed E-state index contributed by atoms with van der Waals surface area (Å²) < 4.78 is 0. The molecule has 3 aromatic rings. The Morgan fingerprint density at radius 3 is 2.52 bits per heavy atom. The Hall–Kier alpha value is -2.88. The molecule has 3 rings (SSSR count). The fourth-order valence-corrected chi connectivity index (χ4v) is 2.74. The van der Waals surface area contributed by atoms with Gasteiger partial charge in [0.1, 0.15) is 5.56 Å². The van der Waals surface area contributed by atoms with E-state index in [4.69, 9.17) is 0 Å². The summed E-state index contributed by atoms with van der Waals surface area (Å²) in [5, 5.41) is 3.72. The van der Waals surface area contributed by atoms with Gasteiger partial charge in [0.05, 0.1) is 0 Å². The number of aryl methyl sites for hydroxylation is 1. The van der Waals surface area contributed by atoms with Gasteiger partial charge in [-0.15, -0.1) is 0 Å². The molecule has 4 heteroatoms. The second-order valence-electron chi connectivity index (χ2n) is 5.49. The molecular formula is C19H18N2O2. The van der Waals surface area contributed by atoms with Gasteiger partial charge >= 0.3 is 0 Å². The van der Waals surface area contributed by atoms with Crippen LogP contribution in [0.2, 0.25) is 0 Å². The second kappa shape index (κ2) is 6.48. The van der Waals surface area contributed by atoms with Crippen LogP contribution in [0.5, 0.6) is 0 Å². The molecule has 0 saturated carbocycles. The van der Waals surface area contributed by atoms with Gasteiger partial charge in [-0.1, -0.05) is 48.5 Å². The van der Waals surface area contributed by atoms with Crippen molar-refractivity contribution < 1.29 is 4.79 Å². The van der Waals surface area contributed by atoms with Crippen molar-refractivity contribution in [1.29, 1.82) is 0 Å². The highest BCUT2D eigenvalue weighted by Crippen LogP contribution is 2.16. The van der Waals surface area contributed by atoms with E-state index in [-0.39, 0.29) is 17.0 Å². The first kappa shape index (κ1) is 15.0. The molecule has 1 amide bonds. The second-order valence-corrected chi connectivity index (χ2v) is 5.49. The highest BCUT2D eigenvalue weighted by atomic mass is 16.2. The summed E-state index contributed by atoms with van der Waals surface area (Å²) in [6.45, 7) is 2.30. The highest BCUT2D eigenvalue weighted by molar-refractivity contribution is 5.99. The van der Waals surface area contributed by atoms with E-state index in [1.165, 1.54) is 0 Å². The van der Waals surface area contributed by atoms with Gasteiger partial charge in [0.2, 0.25) is 0 Å². The largest absolute Gasteiger partial charge is 0.352 e. The number of aromatic nitrogens is 1. The number of rotatable bonds is 4. The first-order valence-electron chi connectivity index (χ1n) is 7.60. The summed E-state index contributed by atoms with van der Waals surface area (Å²) in [5.41, 5.74) is 2.45. The number of pyridine rings is 1. The van der Waals surface area contributed by atoms with Crippen LogP contribution < -0.4 is 10.9 Å². The molecule has 0 bridgehead atoms. The van der Waals surface area contributed by atoms with E-state index in [9.17, 15) is 9.59 Å². The van der Waals surface area contributed by atoms with Crippen molar-refractivity contribution in [3.63, 3.8) is 0 Å². The van der Waals surface area contributed by atoms with E-state index in [1.54, 1.807) is 0 Å². The lowest BCUT2D eigenvalue weighted by Crippen LogP contribution is -2.32. The number of aromatic amines is 1. The molecule has 0 fully saturated rings. The van der Waals surface area contributed by atoms with Crippen molar-refractivity contribution in [2.24, 2.45) is 0 Å². The lowest BCUT2D eigenvalue weighted by Gasteiger charge is -2.09. The quantitative estimate of drug-likeness (QED) is 0.778. The van der Waals surface area contributed by atoms with Crippen molar-refractivity contribution >= 4 is 16.8 Å². The number of nitrogens with one attached hydrogen (secondary N) is 2. The van der Waals surface area contributed by atoms with Gasteiger partial charge in [-0.2, -0.15) is 0 Å². The fraction of sp³-hybridized carbons (Fsp3) is 0.158. The molecule has 23 heavy (non-hydrogen) atoms. The van der Waals surface area contributed by atoms with E-state index in [1.807, 2.05) is 61.5 Å². The Bertz CT molecular complexity index is 898.